The van der Waals surface area contributed by atoms with Crippen molar-refractivity contribution < 1.29 is 14.6 Å². The van der Waals surface area contributed by atoms with Crippen molar-refractivity contribution in [3.05, 3.63) is 108 Å². The van der Waals surface area contributed by atoms with Crippen LogP contribution in [0.25, 0.3) is 0 Å². The van der Waals surface area contributed by atoms with Gasteiger partial charge >= 0.3 is 0 Å². The van der Waals surface area contributed by atoms with Crippen LogP contribution in [0.5, 0.6) is 0 Å². The summed E-state index contributed by atoms with van der Waals surface area (Å²) in [6.07, 6.45) is 0. The van der Waals surface area contributed by atoms with Crippen molar-refractivity contribution in [2.24, 2.45) is 0 Å². The summed E-state index contributed by atoms with van der Waals surface area (Å²) in [4.78, 5) is 27.1. The second-order valence-electron chi connectivity index (χ2n) is 5.53. The summed E-state index contributed by atoms with van der Waals surface area (Å²) in [5.41, 5.74) is 1.65. The maximum absolute atomic E-state index is 10.2. The van der Waals surface area contributed by atoms with Crippen molar-refractivity contribution in [1.29, 1.82) is 0 Å². The summed E-state index contributed by atoms with van der Waals surface area (Å²) in [6, 6.07) is 29.2. The van der Waals surface area contributed by atoms with Gasteiger partial charge < -0.3 is 9.79 Å². The molecule has 5 heteroatoms. The van der Waals surface area contributed by atoms with E-state index < -0.39 is 14.1 Å². The lowest BCUT2D eigenvalue weighted by atomic mass is 9.78. The molecule has 128 valence electrons. The van der Waals surface area contributed by atoms with Gasteiger partial charge in [0.15, 0.2) is 0 Å². The molecular weight excluding hydrogens is 333 g/mol. The average molecular weight is 353 g/mol. The van der Waals surface area contributed by atoms with Crippen LogP contribution in [0, 0.1) is 0 Å². The van der Waals surface area contributed by atoms with Gasteiger partial charge in [-0.15, -0.1) is 0 Å². The molecule has 4 nitrogen and oxygen atoms in total. The van der Waals surface area contributed by atoms with Crippen LogP contribution in [0.2, 0.25) is 0 Å². The number of benzene rings is 3. The smallest absolute Gasteiger partial charge is 0.279 e. The van der Waals surface area contributed by atoms with Crippen LogP contribution in [-0.2, 0) is 10.4 Å². The lowest BCUT2D eigenvalue weighted by Crippen LogP contribution is -2.44. The van der Waals surface area contributed by atoms with E-state index in [9.17, 15) is 9.79 Å². The molecule has 0 heterocycles. The van der Waals surface area contributed by atoms with Crippen LogP contribution >= 0.6 is 8.53 Å². The zero-order chi connectivity index (χ0) is 17.7. The van der Waals surface area contributed by atoms with Crippen LogP contribution in [0.15, 0.2) is 91.0 Å². The molecule has 0 aromatic heterocycles. The highest BCUT2D eigenvalue weighted by atomic mass is 31.2. The highest BCUT2D eigenvalue weighted by Gasteiger charge is 2.46. The Morgan fingerprint density at radius 3 is 1.24 bits per heavy atom. The number of rotatable bonds is 6. The fourth-order valence-electron chi connectivity index (χ4n) is 3.21. The lowest BCUT2D eigenvalue weighted by Gasteiger charge is -2.43. The van der Waals surface area contributed by atoms with Crippen molar-refractivity contribution in [1.82, 2.24) is 4.83 Å². The second kappa shape index (κ2) is 7.87. The van der Waals surface area contributed by atoms with E-state index in [2.05, 4.69) is 0 Å². The summed E-state index contributed by atoms with van der Waals surface area (Å²) in [5.74, 6) is 0. The number of hydroxylamine groups is 1. The second-order valence-corrected chi connectivity index (χ2v) is 6.43. The van der Waals surface area contributed by atoms with Gasteiger partial charge in [-0.3, -0.25) is 4.84 Å². The summed E-state index contributed by atoms with van der Waals surface area (Å²) >= 11 is 0. The van der Waals surface area contributed by atoms with Gasteiger partial charge in [0.05, 0.1) is 7.11 Å². The van der Waals surface area contributed by atoms with E-state index in [0.717, 1.165) is 16.7 Å². The SMILES string of the molecule is CON(P(O)O)C(c1ccccc1)(c1ccccc1)c1ccccc1. The molecule has 0 radical (unpaired) electrons. The van der Waals surface area contributed by atoms with Gasteiger partial charge in [0.2, 0.25) is 0 Å². The molecular formula is C20H20NO3P. The van der Waals surface area contributed by atoms with E-state index in [1.54, 1.807) is 0 Å². The molecule has 3 rings (SSSR count). The Kier molecular flexibility index (Phi) is 5.59. The van der Waals surface area contributed by atoms with Crippen LogP contribution in [0.1, 0.15) is 16.7 Å². The molecule has 0 spiro atoms. The van der Waals surface area contributed by atoms with Gasteiger partial charge in [-0.25, -0.2) is 0 Å². The van der Waals surface area contributed by atoms with E-state index in [1.807, 2.05) is 91.0 Å². The predicted octanol–water partition coefficient (Wildman–Crippen LogP) is 4.05. The minimum atomic E-state index is -2.51. The molecule has 3 aromatic carbocycles. The minimum Gasteiger partial charge on any atom is -0.336 e. The van der Waals surface area contributed by atoms with Crippen LogP contribution in [0.4, 0.5) is 0 Å². The van der Waals surface area contributed by atoms with Crippen LogP contribution in [0.3, 0.4) is 0 Å². The first-order valence-corrected chi connectivity index (χ1v) is 9.10. The van der Waals surface area contributed by atoms with Gasteiger partial charge in [-0.2, -0.15) is 0 Å². The van der Waals surface area contributed by atoms with Gasteiger partial charge in [0.1, 0.15) is 5.54 Å². The molecule has 0 fully saturated rings. The summed E-state index contributed by atoms with van der Waals surface area (Å²) < 4.78 is 0. The Balaban J connectivity index is 2.40. The van der Waals surface area contributed by atoms with Gasteiger partial charge in [-0.05, 0) is 16.7 Å². The van der Waals surface area contributed by atoms with E-state index in [4.69, 9.17) is 4.84 Å². The molecule has 0 amide bonds. The first kappa shape index (κ1) is 17.7. The molecule has 3 aromatic rings. The zero-order valence-corrected chi connectivity index (χ0v) is 14.8. The van der Waals surface area contributed by atoms with Gasteiger partial charge in [0, 0.05) is 0 Å². The van der Waals surface area contributed by atoms with E-state index in [0.29, 0.717) is 0 Å². The number of nitrogens with zero attached hydrogens (tertiary/aromatic N) is 1. The van der Waals surface area contributed by atoms with Crippen LogP contribution < -0.4 is 0 Å². The quantitative estimate of drug-likeness (QED) is 0.399. The molecule has 0 unspecified atom stereocenters. The monoisotopic (exact) mass is 353 g/mol. The highest BCUT2D eigenvalue weighted by molar-refractivity contribution is 7.42. The largest absolute Gasteiger partial charge is 0.336 e. The molecule has 25 heavy (non-hydrogen) atoms. The Labute approximate surface area is 148 Å². The van der Waals surface area contributed by atoms with Crippen molar-refractivity contribution >= 4 is 8.53 Å². The summed E-state index contributed by atoms with van der Waals surface area (Å²) in [7, 11) is -1.06. The number of hydrogen-bond donors (Lipinski definition) is 2. The molecule has 0 saturated heterocycles. The van der Waals surface area contributed by atoms with E-state index >= 15 is 0 Å². The molecule has 2 N–H and O–H groups in total. The van der Waals surface area contributed by atoms with Crippen molar-refractivity contribution in [2.75, 3.05) is 7.11 Å². The topological polar surface area (TPSA) is 52.9 Å². The molecule has 0 saturated carbocycles. The fourth-order valence-corrected chi connectivity index (χ4v) is 3.97. The summed E-state index contributed by atoms with van der Waals surface area (Å²) in [5, 5.41) is 0. The maximum Gasteiger partial charge on any atom is 0.279 e. The predicted molar refractivity (Wildman–Crippen MR) is 99.4 cm³/mol. The fraction of sp³-hybridized carbons (Fsp3) is 0.100. The van der Waals surface area contributed by atoms with Gasteiger partial charge in [-0.1, -0.05) is 95.8 Å². The highest BCUT2D eigenvalue weighted by Crippen LogP contribution is 2.50. The lowest BCUT2D eigenvalue weighted by molar-refractivity contribution is -0.112. The third kappa shape index (κ3) is 3.23. The third-order valence-electron chi connectivity index (χ3n) is 4.20. The average Bonchev–Trinajstić information content (AvgIpc) is 2.68. The molecule has 0 bridgehead atoms. The minimum absolute atomic E-state index is 0.879. The maximum atomic E-state index is 10.2. The summed E-state index contributed by atoms with van der Waals surface area (Å²) in [6.45, 7) is 0. The van der Waals surface area contributed by atoms with E-state index in [1.165, 1.54) is 11.9 Å². The van der Waals surface area contributed by atoms with Gasteiger partial charge in [0.25, 0.3) is 8.53 Å². The van der Waals surface area contributed by atoms with Crippen molar-refractivity contribution in [3.8, 4) is 0 Å². The molecule has 0 aliphatic heterocycles. The number of hydrogen-bond acceptors (Lipinski definition) is 4. The Morgan fingerprint density at radius 2 is 1.00 bits per heavy atom. The third-order valence-corrected chi connectivity index (χ3v) is 4.99. The standard InChI is InChI=1S/C20H20NO3P/c1-24-21(25(22)23)20(17-11-5-2-6-12-17,18-13-7-3-8-14-18)19-15-9-4-10-16-19/h2-16,22-23H,1H3. The van der Waals surface area contributed by atoms with Crippen LogP contribution in [-0.4, -0.2) is 21.7 Å². The Hall–Kier alpha value is -2.07. The normalized spacial score (nSPS) is 11.9. The molecule has 0 atom stereocenters. The Bertz CT molecular complexity index is 685. The molecule has 0 aliphatic rings. The first-order valence-electron chi connectivity index (χ1n) is 7.90. The molecule has 0 aliphatic carbocycles. The zero-order valence-electron chi connectivity index (χ0n) is 13.9. The Morgan fingerprint density at radius 1 is 0.680 bits per heavy atom. The van der Waals surface area contributed by atoms with Crippen molar-refractivity contribution in [3.63, 3.8) is 0 Å². The first-order chi connectivity index (χ1) is 12.2. The van der Waals surface area contributed by atoms with Crippen molar-refractivity contribution in [2.45, 2.75) is 5.54 Å². The van der Waals surface area contributed by atoms with E-state index in [-0.39, 0.29) is 0 Å².